The van der Waals surface area contributed by atoms with E-state index in [1.807, 2.05) is 0 Å². The van der Waals surface area contributed by atoms with Gasteiger partial charge in [-0.05, 0) is 30.7 Å². The maximum Gasteiger partial charge on any atom is 0.159 e. The summed E-state index contributed by atoms with van der Waals surface area (Å²) in [4.78, 5) is 8.89. The largest absolute Gasteiger partial charge is 0.487 e. The smallest absolute Gasteiger partial charge is 0.159 e. The van der Waals surface area contributed by atoms with Crippen LogP contribution in [0.25, 0.3) is 11.4 Å². The summed E-state index contributed by atoms with van der Waals surface area (Å²) in [5.41, 5.74) is 2.37. The molecule has 0 saturated heterocycles. The summed E-state index contributed by atoms with van der Waals surface area (Å²) in [5, 5.41) is 0. The Morgan fingerprint density at radius 3 is 1.87 bits per heavy atom. The lowest BCUT2D eigenvalue weighted by Crippen LogP contribution is -2.13. The first-order chi connectivity index (χ1) is 18.6. The molecule has 0 aliphatic heterocycles. The number of aryl methyl sites for hydroxylation is 1. The summed E-state index contributed by atoms with van der Waals surface area (Å²) in [5.74, 6) is 1.89. The van der Waals surface area contributed by atoms with Crippen LogP contribution in [0, 0.1) is 5.92 Å². The molecule has 0 bridgehead atoms. The molecule has 0 radical (unpaired) electrons. The Hall–Kier alpha value is -1.97. The Balaban J connectivity index is 1.59. The van der Waals surface area contributed by atoms with Crippen LogP contribution in [-0.4, -0.2) is 22.7 Å². The predicted molar refractivity (Wildman–Crippen MR) is 161 cm³/mol. The highest BCUT2D eigenvalue weighted by Crippen LogP contribution is 2.20. The second-order valence-corrected chi connectivity index (χ2v) is 11.3. The maximum absolute atomic E-state index is 14.3. The van der Waals surface area contributed by atoms with E-state index in [1.54, 1.807) is 12.4 Å². The number of benzene rings is 1. The summed E-state index contributed by atoms with van der Waals surface area (Å²) in [6.45, 7) is 6.86. The van der Waals surface area contributed by atoms with Gasteiger partial charge in [-0.25, -0.2) is 14.4 Å². The zero-order valence-corrected chi connectivity index (χ0v) is 24.7. The van der Waals surface area contributed by atoms with Gasteiger partial charge in [-0.1, -0.05) is 141 Å². The number of nitrogens with zero attached hydrogens (tertiary/aromatic N) is 2. The summed E-state index contributed by atoms with van der Waals surface area (Å²) < 4.78 is 19.9. The topological polar surface area (TPSA) is 35.0 Å². The molecule has 0 fully saturated rings. The van der Waals surface area contributed by atoms with Crippen molar-refractivity contribution in [1.29, 1.82) is 0 Å². The van der Waals surface area contributed by atoms with Crippen LogP contribution in [0.3, 0.4) is 0 Å². The van der Waals surface area contributed by atoms with E-state index in [9.17, 15) is 4.39 Å². The molecule has 38 heavy (non-hydrogen) atoms. The maximum atomic E-state index is 14.3. The van der Waals surface area contributed by atoms with Gasteiger partial charge in [-0.2, -0.15) is 0 Å². The Morgan fingerprint density at radius 1 is 0.684 bits per heavy atom. The minimum atomic E-state index is -0.944. The number of halogens is 1. The first-order valence-electron chi connectivity index (χ1n) is 15.8. The molecule has 0 spiro atoms. The summed E-state index contributed by atoms with van der Waals surface area (Å²) in [6.07, 6.45) is 24.8. The second-order valence-electron chi connectivity index (χ2n) is 11.3. The van der Waals surface area contributed by atoms with Crippen molar-refractivity contribution in [2.45, 2.75) is 143 Å². The zero-order valence-electron chi connectivity index (χ0n) is 24.7. The molecule has 1 heterocycles. The van der Waals surface area contributed by atoms with Crippen LogP contribution in [0.5, 0.6) is 5.75 Å². The summed E-state index contributed by atoms with van der Waals surface area (Å²) >= 11 is 0. The molecule has 3 nitrogen and oxygen atoms in total. The number of unbranched alkanes of at least 4 members (excludes halogenated alkanes) is 11. The van der Waals surface area contributed by atoms with E-state index < -0.39 is 6.17 Å². The van der Waals surface area contributed by atoms with Crippen LogP contribution in [0.2, 0.25) is 0 Å². The highest BCUT2D eigenvalue weighted by atomic mass is 19.1. The van der Waals surface area contributed by atoms with E-state index in [2.05, 4.69) is 55.0 Å². The standard InChI is InChI=1S/C34H55FN2O/c1-4-6-8-9-10-11-12-13-14-16-20-30-22-24-31(25-23-30)34-36-26-33(27-37-34)38-28-32(35)21-17-19-29(3)18-15-7-5-2/h22-27,29,32H,4-21,28H2,1-3H3. The van der Waals surface area contributed by atoms with Crippen molar-refractivity contribution in [3.8, 4) is 17.1 Å². The Labute approximate surface area is 233 Å². The summed E-state index contributed by atoms with van der Waals surface area (Å²) in [7, 11) is 0. The van der Waals surface area contributed by atoms with E-state index in [-0.39, 0.29) is 6.61 Å². The lowest BCUT2D eigenvalue weighted by Gasteiger charge is -2.13. The normalized spacial score (nSPS) is 12.9. The fourth-order valence-electron chi connectivity index (χ4n) is 5.02. The quantitative estimate of drug-likeness (QED) is 0.135. The predicted octanol–water partition coefficient (Wildman–Crippen LogP) is 10.7. The Bertz CT molecular complexity index is 808. The molecule has 214 valence electrons. The van der Waals surface area contributed by atoms with Gasteiger partial charge in [0.05, 0.1) is 12.4 Å². The summed E-state index contributed by atoms with van der Waals surface area (Å²) in [6, 6.07) is 8.58. The molecule has 2 atom stereocenters. The van der Waals surface area contributed by atoms with E-state index >= 15 is 0 Å². The number of aromatic nitrogens is 2. The van der Waals surface area contributed by atoms with Crippen LogP contribution >= 0.6 is 0 Å². The minimum absolute atomic E-state index is 0.0700. The van der Waals surface area contributed by atoms with Crippen LogP contribution in [0.1, 0.15) is 135 Å². The minimum Gasteiger partial charge on any atom is -0.487 e. The lowest BCUT2D eigenvalue weighted by atomic mass is 9.97. The van der Waals surface area contributed by atoms with Gasteiger partial charge >= 0.3 is 0 Å². The van der Waals surface area contributed by atoms with Crippen molar-refractivity contribution >= 4 is 0 Å². The first kappa shape index (κ1) is 32.2. The highest BCUT2D eigenvalue weighted by Gasteiger charge is 2.10. The van der Waals surface area contributed by atoms with Crippen molar-refractivity contribution in [3.63, 3.8) is 0 Å². The van der Waals surface area contributed by atoms with Gasteiger partial charge in [0.25, 0.3) is 0 Å². The van der Waals surface area contributed by atoms with E-state index in [0.29, 0.717) is 23.9 Å². The molecule has 0 aliphatic rings. The zero-order chi connectivity index (χ0) is 27.3. The third-order valence-corrected chi connectivity index (χ3v) is 7.60. The molecule has 4 heteroatoms. The molecule has 0 aliphatic carbocycles. The van der Waals surface area contributed by atoms with Crippen LogP contribution in [0.15, 0.2) is 36.7 Å². The molecule has 1 aromatic carbocycles. The molecular weight excluding hydrogens is 471 g/mol. The first-order valence-corrected chi connectivity index (χ1v) is 15.8. The van der Waals surface area contributed by atoms with Gasteiger partial charge in [0.2, 0.25) is 0 Å². The molecule has 0 amide bonds. The number of hydrogen-bond acceptors (Lipinski definition) is 3. The molecule has 0 N–H and O–H groups in total. The van der Waals surface area contributed by atoms with Crippen molar-refractivity contribution in [3.05, 3.63) is 42.2 Å². The van der Waals surface area contributed by atoms with E-state index in [0.717, 1.165) is 24.8 Å². The van der Waals surface area contributed by atoms with Crippen molar-refractivity contribution in [1.82, 2.24) is 9.97 Å². The molecule has 0 saturated carbocycles. The van der Waals surface area contributed by atoms with Crippen molar-refractivity contribution in [2.75, 3.05) is 6.61 Å². The van der Waals surface area contributed by atoms with Crippen LogP contribution < -0.4 is 4.74 Å². The lowest BCUT2D eigenvalue weighted by molar-refractivity contribution is 0.181. The van der Waals surface area contributed by atoms with E-state index in [4.69, 9.17) is 4.74 Å². The molecular formula is C34H55FN2O. The van der Waals surface area contributed by atoms with Gasteiger partial charge in [0, 0.05) is 5.56 Å². The van der Waals surface area contributed by atoms with Crippen molar-refractivity contribution in [2.24, 2.45) is 5.92 Å². The van der Waals surface area contributed by atoms with E-state index in [1.165, 1.54) is 95.5 Å². The number of rotatable bonds is 23. The third-order valence-electron chi connectivity index (χ3n) is 7.60. The molecule has 2 rings (SSSR count). The molecule has 2 aromatic rings. The Morgan fingerprint density at radius 2 is 1.24 bits per heavy atom. The second kappa shape index (κ2) is 20.9. The van der Waals surface area contributed by atoms with Crippen molar-refractivity contribution < 1.29 is 9.13 Å². The fourth-order valence-corrected chi connectivity index (χ4v) is 5.02. The van der Waals surface area contributed by atoms with Gasteiger partial charge in [0.15, 0.2) is 11.6 Å². The van der Waals surface area contributed by atoms with Gasteiger partial charge < -0.3 is 4.74 Å². The number of ether oxygens (including phenoxy) is 1. The van der Waals surface area contributed by atoms with Crippen LogP contribution in [0.4, 0.5) is 4.39 Å². The third kappa shape index (κ3) is 14.8. The SMILES string of the molecule is CCCCCCCCCCCCc1ccc(-c2ncc(OCC(F)CCCC(C)CCCCC)cn2)cc1. The monoisotopic (exact) mass is 526 g/mol. The van der Waals surface area contributed by atoms with Gasteiger partial charge in [-0.3, -0.25) is 0 Å². The highest BCUT2D eigenvalue weighted by molar-refractivity contribution is 5.55. The number of hydrogen-bond donors (Lipinski definition) is 0. The molecule has 2 unspecified atom stereocenters. The average Bonchev–Trinajstić information content (AvgIpc) is 2.94. The Kier molecular flexibility index (Phi) is 17.8. The van der Waals surface area contributed by atoms with Crippen LogP contribution in [-0.2, 0) is 6.42 Å². The number of alkyl halides is 1. The average molecular weight is 527 g/mol. The molecule has 1 aromatic heterocycles. The van der Waals surface area contributed by atoms with Gasteiger partial charge in [-0.15, -0.1) is 0 Å². The van der Waals surface area contributed by atoms with Gasteiger partial charge in [0.1, 0.15) is 12.8 Å². The fraction of sp³-hybridized carbons (Fsp3) is 0.706.